The Labute approximate surface area is 164 Å². The van der Waals surface area contributed by atoms with Crippen molar-refractivity contribution in [2.75, 3.05) is 13.1 Å². The van der Waals surface area contributed by atoms with E-state index in [2.05, 4.69) is 0 Å². The van der Waals surface area contributed by atoms with E-state index >= 15 is 0 Å². The lowest BCUT2D eigenvalue weighted by atomic mass is 10.2. The van der Waals surface area contributed by atoms with Crippen molar-refractivity contribution in [3.05, 3.63) is 35.9 Å². The molecule has 0 atom stereocenters. The van der Waals surface area contributed by atoms with E-state index in [4.69, 9.17) is 0 Å². The molecule has 1 aliphatic heterocycles. The maximum Gasteiger partial charge on any atom is 0.247 e. The molecule has 0 spiro atoms. The Balaban J connectivity index is 2.11. The summed E-state index contributed by atoms with van der Waals surface area (Å²) in [5.74, 6) is -0.0405. The zero-order chi connectivity index (χ0) is 20.0. The van der Waals surface area contributed by atoms with Gasteiger partial charge in [0.05, 0.1) is 4.90 Å². The molecule has 1 aromatic rings. The summed E-state index contributed by atoms with van der Waals surface area (Å²) in [5.41, 5.74) is 0.811. The fourth-order valence-electron chi connectivity index (χ4n) is 3.54. The molecule has 0 bridgehead atoms. The van der Waals surface area contributed by atoms with Gasteiger partial charge < -0.3 is 4.90 Å². The number of carbonyl (C=O) groups excluding carboxylic acids is 1. The van der Waals surface area contributed by atoms with E-state index in [0.29, 0.717) is 18.0 Å². The summed E-state index contributed by atoms with van der Waals surface area (Å²) < 4.78 is 27.2. The zero-order valence-corrected chi connectivity index (χ0v) is 17.7. The van der Waals surface area contributed by atoms with E-state index in [1.807, 2.05) is 32.6 Å². The lowest BCUT2D eigenvalue weighted by Gasteiger charge is -2.29. The van der Waals surface area contributed by atoms with Crippen LogP contribution >= 0.6 is 0 Å². The van der Waals surface area contributed by atoms with E-state index in [-0.39, 0.29) is 18.0 Å². The molecule has 150 valence electrons. The van der Waals surface area contributed by atoms with Gasteiger partial charge in [-0.15, -0.1) is 0 Å². The van der Waals surface area contributed by atoms with Crippen molar-refractivity contribution < 1.29 is 13.2 Å². The number of rotatable bonds is 6. The smallest absolute Gasteiger partial charge is 0.247 e. The van der Waals surface area contributed by atoms with E-state index in [1.54, 1.807) is 40.7 Å². The van der Waals surface area contributed by atoms with Gasteiger partial charge >= 0.3 is 0 Å². The van der Waals surface area contributed by atoms with Crippen molar-refractivity contribution in [3.8, 4) is 0 Å². The first kappa shape index (κ1) is 21.6. The van der Waals surface area contributed by atoms with Crippen LogP contribution in [0.5, 0.6) is 0 Å². The van der Waals surface area contributed by atoms with E-state index < -0.39 is 10.0 Å². The third-order valence-corrected chi connectivity index (χ3v) is 6.78. The summed E-state index contributed by atoms with van der Waals surface area (Å²) >= 11 is 0. The van der Waals surface area contributed by atoms with Crippen LogP contribution in [-0.2, 0) is 14.8 Å². The number of nitrogens with zero attached hydrogens (tertiary/aromatic N) is 2. The molecule has 1 fully saturated rings. The second kappa shape index (κ2) is 9.51. The first-order chi connectivity index (χ1) is 12.7. The number of sulfonamides is 1. The molecule has 0 radical (unpaired) electrons. The topological polar surface area (TPSA) is 57.7 Å². The van der Waals surface area contributed by atoms with Gasteiger partial charge in [-0.3, -0.25) is 4.79 Å². The Morgan fingerprint density at radius 2 is 1.48 bits per heavy atom. The van der Waals surface area contributed by atoms with E-state index in [0.717, 1.165) is 31.2 Å². The van der Waals surface area contributed by atoms with Crippen molar-refractivity contribution in [2.24, 2.45) is 0 Å². The molecule has 1 saturated heterocycles. The first-order valence-corrected chi connectivity index (χ1v) is 11.3. The Bertz CT molecular complexity index is 736. The summed E-state index contributed by atoms with van der Waals surface area (Å²) in [5, 5.41) is 0. The number of hydrogen-bond donors (Lipinski definition) is 0. The molecule has 0 aromatic heterocycles. The Morgan fingerprint density at radius 1 is 0.963 bits per heavy atom. The number of amides is 1. The van der Waals surface area contributed by atoms with E-state index in [1.165, 1.54) is 0 Å². The Hall–Kier alpha value is -1.66. The first-order valence-electron chi connectivity index (χ1n) is 9.84. The third kappa shape index (κ3) is 5.66. The van der Waals surface area contributed by atoms with Crippen molar-refractivity contribution in [1.29, 1.82) is 0 Å². The quantitative estimate of drug-likeness (QED) is 0.690. The van der Waals surface area contributed by atoms with Gasteiger partial charge in [0.25, 0.3) is 0 Å². The van der Waals surface area contributed by atoms with Gasteiger partial charge in [0.2, 0.25) is 15.9 Å². The van der Waals surface area contributed by atoms with Crippen LogP contribution in [0, 0.1) is 0 Å². The van der Waals surface area contributed by atoms with Crippen LogP contribution < -0.4 is 0 Å². The van der Waals surface area contributed by atoms with Gasteiger partial charge in [0.1, 0.15) is 0 Å². The molecule has 2 rings (SSSR count). The van der Waals surface area contributed by atoms with Crippen molar-refractivity contribution in [2.45, 2.75) is 70.4 Å². The minimum atomic E-state index is -3.44. The van der Waals surface area contributed by atoms with Gasteiger partial charge in [0.15, 0.2) is 0 Å². The fraction of sp³-hybridized carbons (Fsp3) is 0.571. The summed E-state index contributed by atoms with van der Waals surface area (Å²) in [6.07, 6.45) is 7.32. The highest BCUT2D eigenvalue weighted by molar-refractivity contribution is 7.89. The lowest BCUT2D eigenvalue weighted by Crippen LogP contribution is -2.41. The molecule has 0 aliphatic carbocycles. The minimum absolute atomic E-state index is 0.0405. The average Bonchev–Trinajstić information content (AvgIpc) is 2.89. The highest BCUT2D eigenvalue weighted by Gasteiger charge is 2.24. The zero-order valence-electron chi connectivity index (χ0n) is 16.9. The van der Waals surface area contributed by atoms with Gasteiger partial charge in [-0.05, 0) is 64.3 Å². The van der Waals surface area contributed by atoms with Crippen LogP contribution in [0.1, 0.15) is 58.9 Å². The van der Waals surface area contributed by atoms with E-state index in [9.17, 15) is 13.2 Å². The lowest BCUT2D eigenvalue weighted by molar-refractivity contribution is -0.129. The SMILES string of the molecule is CC(C)N(C(=O)/C=C/c1ccc(S(=O)(=O)N2CCCCCC2)cc1)C(C)C. The monoisotopic (exact) mass is 392 g/mol. The molecule has 0 unspecified atom stereocenters. The summed E-state index contributed by atoms with van der Waals surface area (Å²) in [4.78, 5) is 14.5. The van der Waals surface area contributed by atoms with Crippen molar-refractivity contribution in [1.82, 2.24) is 9.21 Å². The van der Waals surface area contributed by atoms with Gasteiger partial charge in [0, 0.05) is 31.2 Å². The van der Waals surface area contributed by atoms with Crippen LogP contribution in [0.3, 0.4) is 0 Å². The third-order valence-electron chi connectivity index (χ3n) is 4.87. The maximum atomic E-state index is 12.8. The summed E-state index contributed by atoms with van der Waals surface area (Å²) in [7, 11) is -3.44. The fourth-order valence-corrected chi connectivity index (χ4v) is 5.06. The molecule has 0 N–H and O–H groups in total. The predicted octanol–water partition coefficient (Wildman–Crippen LogP) is 3.91. The molecular formula is C21H32N2O3S. The van der Waals surface area contributed by atoms with Gasteiger partial charge in [-0.25, -0.2) is 8.42 Å². The maximum absolute atomic E-state index is 12.8. The number of hydrogen-bond acceptors (Lipinski definition) is 3. The Morgan fingerprint density at radius 3 is 1.96 bits per heavy atom. The Kier molecular flexibility index (Phi) is 7.62. The molecule has 5 nitrogen and oxygen atoms in total. The minimum Gasteiger partial charge on any atom is -0.334 e. The standard InChI is InChI=1S/C21H32N2O3S/c1-17(2)23(18(3)4)21(24)14-11-19-9-12-20(13-10-19)27(25,26)22-15-7-5-6-8-16-22/h9-14,17-18H,5-8,15-16H2,1-4H3/b14-11+. The normalized spacial score (nSPS) is 16.8. The molecule has 6 heteroatoms. The van der Waals surface area contributed by atoms with Crippen LogP contribution in [0.15, 0.2) is 35.2 Å². The van der Waals surface area contributed by atoms with Gasteiger partial charge in [-0.1, -0.05) is 25.0 Å². The molecule has 27 heavy (non-hydrogen) atoms. The highest BCUT2D eigenvalue weighted by atomic mass is 32.2. The van der Waals surface area contributed by atoms with Crippen LogP contribution in [0.25, 0.3) is 6.08 Å². The second-order valence-corrected chi connectivity index (χ2v) is 9.59. The average molecular weight is 393 g/mol. The predicted molar refractivity (Wildman–Crippen MR) is 110 cm³/mol. The molecule has 1 amide bonds. The second-order valence-electron chi connectivity index (χ2n) is 7.65. The molecule has 1 aliphatic rings. The highest BCUT2D eigenvalue weighted by Crippen LogP contribution is 2.21. The van der Waals surface area contributed by atoms with Crippen LogP contribution in [-0.4, -0.2) is 48.7 Å². The molecule has 1 aromatic carbocycles. The van der Waals surface area contributed by atoms with Crippen molar-refractivity contribution >= 4 is 22.0 Å². The summed E-state index contributed by atoms with van der Waals surface area (Å²) in [6.45, 7) is 9.17. The molecule has 0 saturated carbocycles. The molecular weight excluding hydrogens is 360 g/mol. The largest absolute Gasteiger partial charge is 0.334 e. The van der Waals surface area contributed by atoms with Crippen molar-refractivity contribution in [3.63, 3.8) is 0 Å². The molecule has 1 heterocycles. The van der Waals surface area contributed by atoms with Crippen LogP contribution in [0.2, 0.25) is 0 Å². The summed E-state index contributed by atoms with van der Waals surface area (Å²) in [6, 6.07) is 7.03. The van der Waals surface area contributed by atoms with Crippen LogP contribution in [0.4, 0.5) is 0 Å². The number of carbonyl (C=O) groups is 1. The van der Waals surface area contributed by atoms with Gasteiger partial charge in [-0.2, -0.15) is 4.31 Å². The number of benzene rings is 1.